The number of hydrogen-bond acceptors (Lipinski definition) is 7. The predicted octanol–water partition coefficient (Wildman–Crippen LogP) is 3.34. The Morgan fingerprint density at radius 3 is 2.50 bits per heavy atom. The lowest BCUT2D eigenvalue weighted by atomic mass is 9.99. The van der Waals surface area contributed by atoms with E-state index in [0.29, 0.717) is 30.8 Å². The Hall–Kier alpha value is -3.78. The van der Waals surface area contributed by atoms with Crippen molar-refractivity contribution in [3.63, 3.8) is 0 Å². The van der Waals surface area contributed by atoms with Crippen LogP contribution in [0.25, 0.3) is 11.2 Å². The van der Waals surface area contributed by atoms with Crippen molar-refractivity contribution in [1.82, 2.24) is 29.3 Å². The monoisotopic (exact) mass is 548 g/mol. The second kappa shape index (κ2) is 9.83. The second-order valence-corrected chi connectivity index (χ2v) is 11.0. The molecular weight excluding hydrogens is 525 g/mol. The third-order valence-electron chi connectivity index (χ3n) is 6.31. The summed E-state index contributed by atoms with van der Waals surface area (Å²) in [6.07, 6.45) is -3.59. The molecule has 1 atom stereocenters. The maximum Gasteiger partial charge on any atom is 0.573 e. The molecule has 1 aliphatic rings. The van der Waals surface area contributed by atoms with Crippen molar-refractivity contribution in [1.29, 1.82) is 0 Å². The molecule has 4 aromatic rings. The number of aryl methyl sites for hydroxylation is 1. The molecule has 5 rings (SSSR count). The number of alkyl halides is 3. The van der Waals surface area contributed by atoms with Crippen molar-refractivity contribution in [3.8, 4) is 5.75 Å². The third kappa shape index (κ3) is 5.41. The Morgan fingerprint density at radius 1 is 1.11 bits per heavy atom. The van der Waals surface area contributed by atoms with Crippen molar-refractivity contribution in [2.75, 3.05) is 13.1 Å². The van der Waals surface area contributed by atoms with E-state index in [1.807, 2.05) is 6.92 Å². The van der Waals surface area contributed by atoms with Gasteiger partial charge in [-0.25, -0.2) is 18.1 Å². The van der Waals surface area contributed by atoms with Gasteiger partial charge in [-0.3, -0.25) is 4.79 Å². The van der Waals surface area contributed by atoms with Crippen LogP contribution in [0, 0.1) is 6.92 Å². The lowest BCUT2D eigenvalue weighted by molar-refractivity contribution is -0.274. The number of aromatic nitrogens is 5. The minimum Gasteiger partial charge on any atom is -0.406 e. The number of benzene rings is 2. The van der Waals surface area contributed by atoms with Crippen LogP contribution in [0.15, 0.2) is 58.2 Å². The minimum absolute atomic E-state index is 0.00529. The summed E-state index contributed by atoms with van der Waals surface area (Å²) < 4.78 is 70.3. The van der Waals surface area contributed by atoms with Gasteiger partial charge in [0.05, 0.1) is 11.4 Å². The van der Waals surface area contributed by atoms with Gasteiger partial charge >= 0.3 is 6.36 Å². The molecule has 1 N–H and O–H groups in total. The molecule has 38 heavy (non-hydrogen) atoms. The number of rotatable bonds is 6. The second-order valence-electron chi connectivity index (χ2n) is 9.08. The van der Waals surface area contributed by atoms with Crippen molar-refractivity contribution >= 4 is 21.2 Å². The summed E-state index contributed by atoms with van der Waals surface area (Å²) in [4.78, 5) is 20.2. The summed E-state index contributed by atoms with van der Waals surface area (Å²) in [6, 6.07) is 11.9. The molecule has 1 aliphatic heterocycles. The number of piperidine rings is 1. The van der Waals surface area contributed by atoms with Crippen molar-refractivity contribution in [2.24, 2.45) is 0 Å². The van der Waals surface area contributed by atoms with E-state index in [2.05, 4.69) is 25.0 Å². The van der Waals surface area contributed by atoms with Crippen LogP contribution in [0.1, 0.15) is 35.7 Å². The van der Waals surface area contributed by atoms with Gasteiger partial charge in [0.25, 0.3) is 5.56 Å². The molecule has 3 heterocycles. The molecule has 0 radical (unpaired) electrons. The van der Waals surface area contributed by atoms with Crippen LogP contribution in [0.2, 0.25) is 0 Å². The number of nitrogens with one attached hydrogen (secondary N) is 1. The van der Waals surface area contributed by atoms with Crippen LogP contribution < -0.4 is 10.3 Å². The Labute approximate surface area is 215 Å². The van der Waals surface area contributed by atoms with Crippen LogP contribution in [-0.2, 0) is 16.6 Å². The fourth-order valence-electron chi connectivity index (χ4n) is 4.40. The molecule has 10 nitrogen and oxygen atoms in total. The Kier molecular flexibility index (Phi) is 6.69. The first-order chi connectivity index (χ1) is 18.0. The molecule has 200 valence electrons. The van der Waals surface area contributed by atoms with Crippen LogP contribution >= 0.6 is 0 Å². The standard InChI is InChI=1S/C24H23F3N6O4S/c1-15-4-10-19(11-5-15)38(35,36)32-12-2-3-17(14-32)21-28-22-20(23(34)29-21)30-31-33(22)13-16-6-8-18(9-7-16)37-24(25,26)27/h4-11,17H,2-3,12-14H2,1H3,(H,28,29,34)/t17-/m0/s1. The summed E-state index contributed by atoms with van der Waals surface area (Å²) in [5.74, 6) is -0.393. The van der Waals surface area contributed by atoms with Gasteiger partial charge in [0.2, 0.25) is 10.0 Å². The highest BCUT2D eigenvalue weighted by molar-refractivity contribution is 7.89. The molecule has 0 bridgehead atoms. The molecule has 2 aromatic carbocycles. The lowest BCUT2D eigenvalue weighted by Crippen LogP contribution is -2.39. The molecule has 0 amide bonds. The van der Waals surface area contributed by atoms with Gasteiger partial charge in [0.1, 0.15) is 11.6 Å². The summed E-state index contributed by atoms with van der Waals surface area (Å²) in [5.41, 5.74) is 1.22. The number of hydrogen-bond donors (Lipinski definition) is 1. The number of fused-ring (bicyclic) bond motifs is 1. The fourth-order valence-corrected chi connectivity index (χ4v) is 5.92. The zero-order valence-electron chi connectivity index (χ0n) is 20.1. The van der Waals surface area contributed by atoms with E-state index < -0.39 is 21.9 Å². The molecule has 0 saturated carbocycles. The highest BCUT2D eigenvalue weighted by atomic mass is 32.2. The number of H-pyrrole nitrogens is 1. The molecule has 0 unspecified atom stereocenters. The molecule has 2 aromatic heterocycles. The van der Waals surface area contributed by atoms with Gasteiger partial charge in [0.15, 0.2) is 11.2 Å². The molecule has 0 spiro atoms. The zero-order valence-corrected chi connectivity index (χ0v) is 21.0. The predicted molar refractivity (Wildman–Crippen MR) is 130 cm³/mol. The van der Waals surface area contributed by atoms with Gasteiger partial charge in [-0.2, -0.15) is 4.31 Å². The fraction of sp³-hybridized carbons (Fsp3) is 0.333. The number of aromatic amines is 1. The average Bonchev–Trinajstić information content (AvgIpc) is 3.28. The minimum atomic E-state index is -4.79. The normalized spacial score (nSPS) is 17.1. The first-order valence-corrected chi connectivity index (χ1v) is 13.2. The largest absolute Gasteiger partial charge is 0.573 e. The van der Waals surface area contributed by atoms with Crippen LogP contribution in [0.4, 0.5) is 13.2 Å². The lowest BCUT2D eigenvalue weighted by Gasteiger charge is -2.31. The van der Waals surface area contributed by atoms with Gasteiger partial charge in [-0.05, 0) is 49.6 Å². The van der Waals surface area contributed by atoms with E-state index in [0.717, 1.165) is 5.56 Å². The van der Waals surface area contributed by atoms with E-state index in [1.54, 1.807) is 24.3 Å². The summed E-state index contributed by atoms with van der Waals surface area (Å²) in [6.45, 7) is 2.47. The van der Waals surface area contributed by atoms with E-state index in [9.17, 15) is 26.4 Å². The van der Waals surface area contributed by atoms with Crippen LogP contribution in [0.3, 0.4) is 0 Å². The van der Waals surface area contributed by atoms with Crippen LogP contribution in [-0.4, -0.2) is 57.1 Å². The number of halogens is 3. The molecule has 1 saturated heterocycles. The Balaban J connectivity index is 1.39. The van der Waals surface area contributed by atoms with E-state index in [4.69, 9.17) is 0 Å². The Morgan fingerprint density at radius 2 is 1.82 bits per heavy atom. The summed E-state index contributed by atoms with van der Waals surface area (Å²) >= 11 is 0. The average molecular weight is 549 g/mol. The highest BCUT2D eigenvalue weighted by Crippen LogP contribution is 2.29. The van der Waals surface area contributed by atoms with Crippen molar-refractivity contribution in [3.05, 3.63) is 75.8 Å². The highest BCUT2D eigenvalue weighted by Gasteiger charge is 2.33. The van der Waals surface area contributed by atoms with Gasteiger partial charge < -0.3 is 9.72 Å². The molecule has 14 heteroatoms. The number of nitrogens with zero attached hydrogens (tertiary/aromatic N) is 5. The molecule has 1 fully saturated rings. The maximum atomic E-state index is 13.2. The van der Waals surface area contributed by atoms with Gasteiger partial charge in [-0.1, -0.05) is 35.0 Å². The number of ether oxygens (including phenoxy) is 1. The Bertz CT molecular complexity index is 1620. The molecule has 0 aliphatic carbocycles. The number of sulfonamides is 1. The topological polar surface area (TPSA) is 123 Å². The zero-order chi connectivity index (χ0) is 27.1. The summed E-state index contributed by atoms with van der Waals surface area (Å²) in [7, 11) is -3.72. The van der Waals surface area contributed by atoms with Crippen molar-refractivity contribution < 1.29 is 26.3 Å². The first-order valence-electron chi connectivity index (χ1n) is 11.7. The van der Waals surface area contributed by atoms with Crippen molar-refractivity contribution in [2.45, 2.75) is 43.5 Å². The maximum absolute atomic E-state index is 13.2. The molecular formula is C24H23F3N6O4S. The quantitative estimate of drug-likeness (QED) is 0.392. The SMILES string of the molecule is Cc1ccc(S(=O)(=O)N2CCC[C@H](c3nc4c(nnn4Cc4ccc(OC(F)(F)F)cc4)c(=O)[nH]3)C2)cc1. The first kappa shape index (κ1) is 25.9. The summed E-state index contributed by atoms with van der Waals surface area (Å²) in [5, 5.41) is 7.88. The van der Waals surface area contributed by atoms with Crippen LogP contribution in [0.5, 0.6) is 5.75 Å². The van der Waals surface area contributed by atoms with Gasteiger partial charge in [0, 0.05) is 19.0 Å². The van der Waals surface area contributed by atoms with E-state index in [-0.39, 0.29) is 40.8 Å². The smallest absolute Gasteiger partial charge is 0.406 e. The van der Waals surface area contributed by atoms with E-state index in [1.165, 1.54) is 33.3 Å². The third-order valence-corrected chi connectivity index (χ3v) is 8.19. The van der Waals surface area contributed by atoms with Gasteiger partial charge in [-0.15, -0.1) is 18.3 Å². The van der Waals surface area contributed by atoms with E-state index >= 15 is 0 Å².